The van der Waals surface area contributed by atoms with Gasteiger partial charge in [0.1, 0.15) is 6.07 Å². The summed E-state index contributed by atoms with van der Waals surface area (Å²) in [5.41, 5.74) is 8.93. The van der Waals surface area contributed by atoms with Gasteiger partial charge in [-0.1, -0.05) is 0 Å². The van der Waals surface area contributed by atoms with Crippen LogP contribution in [0.15, 0.2) is 24.0 Å². The topological polar surface area (TPSA) is 104 Å². The number of hydrogen-bond donors (Lipinski definition) is 4. The minimum atomic E-state index is 0.150. The van der Waals surface area contributed by atoms with Crippen LogP contribution in [-0.2, 0) is 0 Å². The largest absolute Gasteiger partial charge is 0.395 e. The Morgan fingerprint density at radius 2 is 2.42 bits per heavy atom. The van der Waals surface area contributed by atoms with Crippen molar-refractivity contribution < 1.29 is 0 Å². The molecule has 0 bridgehead atoms. The molecule has 1 aromatic heterocycles. The molecule has 12 heavy (non-hydrogen) atoms. The fraction of sp³-hybridized carbons (Fsp3) is 0. The first kappa shape index (κ1) is 8.17. The van der Waals surface area contributed by atoms with E-state index in [1.54, 1.807) is 18.3 Å². The summed E-state index contributed by atoms with van der Waals surface area (Å²) in [5, 5.41) is 8.55. The minimum Gasteiger partial charge on any atom is -0.395 e. The molecule has 6 N–H and O–H groups in total. The standard InChI is InChI=1S/C7H9N5/c8-4-6(12-10)7(9)5-2-1-3-11-5/h1-3,11-12H,9-10H2/b7-6-. The number of hydrazine groups is 1. The molecule has 0 aliphatic heterocycles. The van der Waals surface area contributed by atoms with Gasteiger partial charge in [-0.15, -0.1) is 0 Å². The molecule has 1 heterocycles. The molecule has 0 aliphatic carbocycles. The van der Waals surface area contributed by atoms with Crippen LogP contribution in [0.3, 0.4) is 0 Å². The number of hydrogen-bond acceptors (Lipinski definition) is 4. The maximum atomic E-state index is 8.55. The number of nitrogens with two attached hydrogens (primary N) is 2. The van der Waals surface area contributed by atoms with Gasteiger partial charge in [0.05, 0.1) is 11.4 Å². The molecule has 0 aliphatic rings. The van der Waals surface area contributed by atoms with Gasteiger partial charge in [0.25, 0.3) is 0 Å². The predicted molar refractivity (Wildman–Crippen MR) is 44.8 cm³/mol. The van der Waals surface area contributed by atoms with Crippen molar-refractivity contribution in [1.82, 2.24) is 10.4 Å². The fourth-order valence-electron chi connectivity index (χ4n) is 0.803. The summed E-state index contributed by atoms with van der Waals surface area (Å²) in [4.78, 5) is 2.86. The second kappa shape index (κ2) is 3.46. The number of allylic oxidation sites excluding steroid dienone is 1. The Morgan fingerprint density at radius 3 is 2.83 bits per heavy atom. The number of aromatic nitrogens is 1. The molecular formula is C7H9N5. The molecule has 0 radical (unpaired) electrons. The second-order valence-electron chi connectivity index (χ2n) is 2.13. The van der Waals surface area contributed by atoms with Crippen LogP contribution in [0.1, 0.15) is 5.69 Å². The molecule has 0 amide bonds. The lowest BCUT2D eigenvalue weighted by atomic mass is 10.3. The van der Waals surface area contributed by atoms with Crippen LogP contribution in [0.4, 0.5) is 0 Å². The van der Waals surface area contributed by atoms with Crippen molar-refractivity contribution in [2.24, 2.45) is 11.6 Å². The first-order valence-corrected chi connectivity index (χ1v) is 3.29. The smallest absolute Gasteiger partial charge is 0.152 e. The average molecular weight is 163 g/mol. The van der Waals surface area contributed by atoms with Crippen molar-refractivity contribution in [1.29, 1.82) is 5.26 Å². The van der Waals surface area contributed by atoms with Crippen molar-refractivity contribution in [3.05, 3.63) is 29.7 Å². The predicted octanol–water partition coefficient (Wildman–Crippen LogP) is -0.371. The number of rotatable bonds is 2. The molecule has 0 aromatic carbocycles. The number of H-pyrrole nitrogens is 1. The number of aromatic amines is 1. The SMILES string of the molecule is N#C/C(NN)=C(/N)c1ccc[nH]1. The van der Waals surface area contributed by atoms with Gasteiger partial charge in [0.2, 0.25) is 0 Å². The van der Waals surface area contributed by atoms with Gasteiger partial charge in [-0.05, 0) is 12.1 Å². The summed E-state index contributed by atoms with van der Waals surface area (Å²) < 4.78 is 0. The van der Waals surface area contributed by atoms with Gasteiger partial charge in [-0.25, -0.2) is 5.84 Å². The van der Waals surface area contributed by atoms with E-state index >= 15 is 0 Å². The first-order valence-electron chi connectivity index (χ1n) is 3.29. The van der Waals surface area contributed by atoms with E-state index in [0.29, 0.717) is 11.4 Å². The van der Waals surface area contributed by atoms with Gasteiger partial charge in [0.15, 0.2) is 5.70 Å². The molecule has 0 spiro atoms. The summed E-state index contributed by atoms with van der Waals surface area (Å²) in [6.45, 7) is 0. The van der Waals surface area contributed by atoms with Crippen LogP contribution in [0.2, 0.25) is 0 Å². The molecule has 0 atom stereocenters. The molecule has 5 heteroatoms. The molecule has 62 valence electrons. The van der Waals surface area contributed by atoms with E-state index in [0.717, 1.165) is 0 Å². The number of nitriles is 1. The Hall–Kier alpha value is -1.93. The zero-order valence-corrected chi connectivity index (χ0v) is 6.33. The van der Waals surface area contributed by atoms with Crippen LogP contribution in [-0.4, -0.2) is 4.98 Å². The lowest BCUT2D eigenvalue weighted by Crippen LogP contribution is -2.23. The lowest BCUT2D eigenvalue weighted by Gasteiger charge is -2.01. The molecule has 0 fully saturated rings. The number of nitrogens with zero attached hydrogens (tertiary/aromatic N) is 1. The van der Waals surface area contributed by atoms with Crippen LogP contribution in [0.5, 0.6) is 0 Å². The Morgan fingerprint density at radius 1 is 1.67 bits per heavy atom. The molecule has 5 nitrogen and oxygen atoms in total. The van der Waals surface area contributed by atoms with E-state index < -0.39 is 0 Å². The highest BCUT2D eigenvalue weighted by Gasteiger charge is 2.03. The summed E-state index contributed by atoms with van der Waals surface area (Å²) in [7, 11) is 0. The molecule has 0 saturated carbocycles. The van der Waals surface area contributed by atoms with Crippen LogP contribution < -0.4 is 17.0 Å². The van der Waals surface area contributed by atoms with Gasteiger partial charge < -0.3 is 16.1 Å². The Kier molecular flexibility index (Phi) is 2.35. The lowest BCUT2D eigenvalue weighted by molar-refractivity contribution is 0.919. The fourth-order valence-corrected chi connectivity index (χ4v) is 0.803. The quantitative estimate of drug-likeness (QED) is 0.271. The van der Waals surface area contributed by atoms with E-state index in [4.69, 9.17) is 16.8 Å². The van der Waals surface area contributed by atoms with Crippen LogP contribution >= 0.6 is 0 Å². The zero-order chi connectivity index (χ0) is 8.97. The third-order valence-corrected chi connectivity index (χ3v) is 1.41. The summed E-state index contributed by atoms with van der Waals surface area (Å²) in [6, 6.07) is 5.38. The average Bonchev–Trinajstić information content (AvgIpc) is 2.58. The van der Waals surface area contributed by atoms with Crippen molar-refractivity contribution in [3.63, 3.8) is 0 Å². The van der Waals surface area contributed by atoms with E-state index in [9.17, 15) is 0 Å². The summed E-state index contributed by atoms with van der Waals surface area (Å²) in [6.07, 6.45) is 1.72. The molecule has 0 unspecified atom stereocenters. The number of nitrogens with one attached hydrogen (secondary N) is 2. The maximum Gasteiger partial charge on any atom is 0.152 e. The monoisotopic (exact) mass is 163 g/mol. The molecule has 0 saturated heterocycles. The van der Waals surface area contributed by atoms with Crippen LogP contribution in [0.25, 0.3) is 5.70 Å². The van der Waals surface area contributed by atoms with Crippen molar-refractivity contribution >= 4 is 5.70 Å². The van der Waals surface area contributed by atoms with E-state index in [2.05, 4.69) is 10.4 Å². The highest BCUT2D eigenvalue weighted by atomic mass is 15.2. The molecule has 1 rings (SSSR count). The van der Waals surface area contributed by atoms with E-state index in [1.165, 1.54) is 0 Å². The summed E-state index contributed by atoms with van der Waals surface area (Å²) in [5.74, 6) is 5.07. The van der Waals surface area contributed by atoms with Gasteiger partial charge >= 0.3 is 0 Å². The zero-order valence-electron chi connectivity index (χ0n) is 6.33. The van der Waals surface area contributed by atoms with E-state index in [1.807, 2.05) is 6.07 Å². The second-order valence-corrected chi connectivity index (χ2v) is 2.13. The third-order valence-electron chi connectivity index (χ3n) is 1.41. The van der Waals surface area contributed by atoms with Crippen molar-refractivity contribution in [2.45, 2.75) is 0 Å². The Balaban J connectivity index is 3.05. The molecular weight excluding hydrogens is 154 g/mol. The Labute approximate surface area is 69.6 Å². The Bertz CT molecular complexity index is 316. The minimum absolute atomic E-state index is 0.150. The van der Waals surface area contributed by atoms with Gasteiger partial charge in [0, 0.05) is 6.20 Å². The van der Waals surface area contributed by atoms with Gasteiger partial charge in [-0.3, -0.25) is 0 Å². The summed E-state index contributed by atoms with van der Waals surface area (Å²) >= 11 is 0. The van der Waals surface area contributed by atoms with Gasteiger partial charge in [-0.2, -0.15) is 5.26 Å². The highest BCUT2D eigenvalue weighted by molar-refractivity contribution is 5.65. The van der Waals surface area contributed by atoms with E-state index in [-0.39, 0.29) is 5.70 Å². The third kappa shape index (κ3) is 1.38. The van der Waals surface area contributed by atoms with Crippen LogP contribution in [0, 0.1) is 11.3 Å². The normalized spacial score (nSPS) is 11.7. The van der Waals surface area contributed by atoms with Crippen molar-refractivity contribution in [3.8, 4) is 6.07 Å². The van der Waals surface area contributed by atoms with Crippen molar-refractivity contribution in [2.75, 3.05) is 0 Å². The molecule has 1 aromatic rings. The first-order chi connectivity index (χ1) is 5.79. The maximum absolute atomic E-state index is 8.55. The highest BCUT2D eigenvalue weighted by Crippen LogP contribution is 2.07.